The molecule has 0 fully saturated rings. The first-order chi connectivity index (χ1) is 9.72. The van der Waals surface area contributed by atoms with Crippen LogP contribution < -0.4 is 16.5 Å². The number of nitrogens with zero attached hydrogens (tertiary/aromatic N) is 5. The molecule has 0 aliphatic heterocycles. The van der Waals surface area contributed by atoms with Gasteiger partial charge < -0.3 is 16.0 Å². The number of hydrogen-bond donors (Lipinski definition) is 4. The molecule has 0 aliphatic carbocycles. The van der Waals surface area contributed by atoms with Gasteiger partial charge in [-0.15, -0.1) is 0 Å². The van der Waals surface area contributed by atoms with E-state index in [2.05, 4.69) is 30.2 Å². The minimum atomic E-state index is 0.0722. The molecule has 0 atom stereocenters. The molecule has 0 unspecified atom stereocenters. The molecule has 1 amide bonds. The van der Waals surface area contributed by atoms with E-state index in [-0.39, 0.29) is 22.8 Å². The molecule has 3 rings (SSSR count). The number of amides is 1. The second-order valence-electron chi connectivity index (χ2n) is 3.78. The van der Waals surface area contributed by atoms with E-state index in [4.69, 9.17) is 11.1 Å². The van der Waals surface area contributed by atoms with Gasteiger partial charge >= 0.3 is 0 Å². The molecular weight excluding hydrogens is 262 g/mol. The number of nitrogens with two attached hydrogens (primary N) is 1. The zero-order valence-corrected chi connectivity index (χ0v) is 10.0. The highest BCUT2D eigenvalue weighted by atomic mass is 16.1. The molecule has 0 aromatic carbocycles. The van der Waals surface area contributed by atoms with Gasteiger partial charge in [0.1, 0.15) is 23.9 Å². The molecule has 3 aromatic rings. The number of hydrogen-bond acceptors (Lipinski definition) is 7. The number of nitrogens with one attached hydrogen (secondary N) is 3. The molecule has 0 aliphatic rings. The number of aromatic nitrogens is 6. The molecule has 10 heteroatoms. The molecule has 20 heavy (non-hydrogen) atoms. The van der Waals surface area contributed by atoms with Gasteiger partial charge in [-0.3, -0.25) is 14.8 Å². The molecule has 5 N–H and O–H groups in total. The fraction of sp³-hybridized carbons (Fsp3) is 0. The number of H-pyrrole nitrogens is 1. The van der Waals surface area contributed by atoms with E-state index >= 15 is 0 Å². The van der Waals surface area contributed by atoms with Gasteiger partial charge in [-0.05, 0) is 0 Å². The molecule has 0 spiro atoms. The van der Waals surface area contributed by atoms with Crippen molar-refractivity contribution in [1.29, 1.82) is 5.41 Å². The second-order valence-corrected chi connectivity index (χ2v) is 3.78. The number of aromatic amines is 1. The molecule has 10 nitrogen and oxygen atoms in total. The maximum absolute atomic E-state index is 10.6. The van der Waals surface area contributed by atoms with Crippen molar-refractivity contribution in [2.45, 2.75) is 0 Å². The topological polar surface area (TPSA) is 151 Å². The van der Waals surface area contributed by atoms with Gasteiger partial charge in [-0.25, -0.2) is 19.9 Å². The number of anilines is 2. The summed E-state index contributed by atoms with van der Waals surface area (Å²) in [6.45, 7) is 0. The maximum Gasteiger partial charge on any atom is 0.212 e. The van der Waals surface area contributed by atoms with Crippen molar-refractivity contribution < 1.29 is 4.79 Å². The van der Waals surface area contributed by atoms with E-state index in [0.717, 1.165) is 0 Å². The molecule has 3 aromatic heterocycles. The number of carbonyl (C=O) groups excluding carboxylic acids is 1. The summed E-state index contributed by atoms with van der Waals surface area (Å²) in [6, 6.07) is 0. The lowest BCUT2D eigenvalue weighted by molar-refractivity contribution is -0.105. The first-order valence-corrected chi connectivity index (χ1v) is 5.48. The average molecular weight is 271 g/mol. The summed E-state index contributed by atoms with van der Waals surface area (Å²) >= 11 is 0. The van der Waals surface area contributed by atoms with E-state index in [1.807, 2.05) is 0 Å². The van der Waals surface area contributed by atoms with Crippen molar-refractivity contribution in [3.05, 3.63) is 24.5 Å². The van der Waals surface area contributed by atoms with E-state index in [0.29, 0.717) is 17.6 Å². The van der Waals surface area contributed by atoms with E-state index in [1.54, 1.807) is 0 Å². The minimum absolute atomic E-state index is 0.0722. The van der Waals surface area contributed by atoms with Crippen LogP contribution in [0.1, 0.15) is 0 Å². The van der Waals surface area contributed by atoms with Crippen LogP contribution in [-0.2, 0) is 4.79 Å². The first-order valence-electron chi connectivity index (χ1n) is 5.48. The summed E-state index contributed by atoms with van der Waals surface area (Å²) in [6.07, 6.45) is 4.50. The van der Waals surface area contributed by atoms with E-state index in [9.17, 15) is 4.79 Å². The Bertz CT molecular complexity index is 849. The predicted molar refractivity (Wildman–Crippen MR) is 68.8 cm³/mol. The van der Waals surface area contributed by atoms with Crippen molar-refractivity contribution >= 4 is 29.2 Å². The summed E-state index contributed by atoms with van der Waals surface area (Å²) in [5.41, 5.74) is 7.00. The minimum Gasteiger partial charge on any atom is -0.382 e. The summed E-state index contributed by atoms with van der Waals surface area (Å²) in [4.78, 5) is 29.3. The molecule has 0 bridgehead atoms. The summed E-state index contributed by atoms with van der Waals surface area (Å²) in [5, 5.41) is 10.6. The molecular formula is C10H9N9O. The van der Waals surface area contributed by atoms with Gasteiger partial charge in [0.2, 0.25) is 6.41 Å². The summed E-state index contributed by atoms with van der Waals surface area (Å²) in [7, 11) is 0. The van der Waals surface area contributed by atoms with Crippen LogP contribution in [0, 0.1) is 5.41 Å². The normalized spacial score (nSPS) is 10.6. The number of nitrogen functional groups attached to an aromatic ring is 1. The number of imidazole rings is 1. The van der Waals surface area contributed by atoms with Gasteiger partial charge in [0.25, 0.3) is 0 Å². The SMILES string of the molecule is N=c1c2[nH]cnc2ncn1-c1c(N)ncnc1NC=O. The van der Waals surface area contributed by atoms with Gasteiger partial charge in [-0.1, -0.05) is 0 Å². The second kappa shape index (κ2) is 4.42. The fourth-order valence-corrected chi connectivity index (χ4v) is 1.81. The van der Waals surface area contributed by atoms with Crippen LogP contribution in [-0.4, -0.2) is 35.9 Å². The summed E-state index contributed by atoms with van der Waals surface area (Å²) < 4.78 is 1.36. The van der Waals surface area contributed by atoms with Crippen LogP contribution >= 0.6 is 0 Å². The Balaban J connectivity index is 2.33. The van der Waals surface area contributed by atoms with Crippen LogP contribution in [0.3, 0.4) is 0 Å². The number of rotatable bonds is 3. The van der Waals surface area contributed by atoms with Crippen molar-refractivity contribution in [2.75, 3.05) is 11.1 Å². The Morgan fingerprint density at radius 2 is 2.20 bits per heavy atom. The fourth-order valence-electron chi connectivity index (χ4n) is 1.81. The third-order valence-electron chi connectivity index (χ3n) is 2.68. The van der Waals surface area contributed by atoms with E-state index in [1.165, 1.54) is 23.5 Å². The Kier molecular flexibility index (Phi) is 2.60. The number of fused-ring (bicyclic) bond motifs is 1. The number of carbonyl (C=O) groups is 1. The van der Waals surface area contributed by atoms with Crippen molar-refractivity contribution in [1.82, 2.24) is 29.5 Å². The van der Waals surface area contributed by atoms with E-state index < -0.39 is 0 Å². The Labute approximate surface area is 111 Å². The predicted octanol–water partition coefficient (Wildman–Crippen LogP) is -0.831. The lowest BCUT2D eigenvalue weighted by Gasteiger charge is -2.11. The molecule has 100 valence electrons. The molecule has 0 radical (unpaired) electrons. The standard InChI is InChI=1S/C10H9N9O/c11-7-6(10(18-4-20)16-2-14-7)19-3-17-9-5(8(19)12)13-1-15-9/h1-4,12H,(H,13,15)(H3,11,14,16,18,20). The largest absolute Gasteiger partial charge is 0.382 e. The van der Waals surface area contributed by atoms with Crippen LogP contribution in [0.5, 0.6) is 0 Å². The summed E-state index contributed by atoms with van der Waals surface area (Å²) in [5.74, 6) is 0.301. The molecule has 0 saturated carbocycles. The Hall–Kier alpha value is -3.30. The highest BCUT2D eigenvalue weighted by Gasteiger charge is 2.13. The molecule has 3 heterocycles. The van der Waals surface area contributed by atoms with Crippen molar-refractivity contribution in [3.8, 4) is 5.69 Å². The average Bonchev–Trinajstić information content (AvgIpc) is 2.90. The van der Waals surface area contributed by atoms with Gasteiger partial charge in [0.15, 0.2) is 22.8 Å². The maximum atomic E-state index is 10.6. The highest BCUT2D eigenvalue weighted by Crippen LogP contribution is 2.20. The van der Waals surface area contributed by atoms with Crippen molar-refractivity contribution in [2.24, 2.45) is 0 Å². The Morgan fingerprint density at radius 3 is 3.00 bits per heavy atom. The van der Waals surface area contributed by atoms with Gasteiger partial charge in [-0.2, -0.15) is 0 Å². The first kappa shape index (κ1) is 11.8. The lowest BCUT2D eigenvalue weighted by Crippen LogP contribution is -2.22. The van der Waals surface area contributed by atoms with Crippen molar-refractivity contribution in [3.63, 3.8) is 0 Å². The molecule has 0 saturated heterocycles. The third kappa shape index (κ3) is 1.67. The lowest BCUT2D eigenvalue weighted by atomic mass is 10.4. The van der Waals surface area contributed by atoms with Crippen LogP contribution in [0.15, 0.2) is 19.0 Å². The van der Waals surface area contributed by atoms with Crippen LogP contribution in [0.25, 0.3) is 16.9 Å². The van der Waals surface area contributed by atoms with Crippen LogP contribution in [0.2, 0.25) is 0 Å². The quantitative estimate of drug-likeness (QED) is 0.456. The van der Waals surface area contributed by atoms with Gasteiger partial charge in [0.05, 0.1) is 6.33 Å². The third-order valence-corrected chi connectivity index (χ3v) is 2.68. The highest BCUT2D eigenvalue weighted by molar-refractivity contribution is 5.78. The zero-order chi connectivity index (χ0) is 14.1. The van der Waals surface area contributed by atoms with Crippen LogP contribution in [0.4, 0.5) is 11.6 Å². The zero-order valence-electron chi connectivity index (χ0n) is 10.0. The van der Waals surface area contributed by atoms with Gasteiger partial charge in [0, 0.05) is 0 Å². The smallest absolute Gasteiger partial charge is 0.212 e. The monoisotopic (exact) mass is 271 g/mol. The Morgan fingerprint density at radius 1 is 1.35 bits per heavy atom.